The van der Waals surface area contributed by atoms with Gasteiger partial charge in [-0.1, -0.05) is 36.4 Å². The number of benzene rings is 1. The van der Waals surface area contributed by atoms with Crippen molar-refractivity contribution in [2.45, 2.75) is 19.9 Å². The van der Waals surface area contributed by atoms with Crippen LogP contribution in [0.25, 0.3) is 11.7 Å². The van der Waals surface area contributed by atoms with Gasteiger partial charge in [-0.3, -0.25) is 18.9 Å². The summed E-state index contributed by atoms with van der Waals surface area (Å²) in [5, 5.41) is 12.5. The van der Waals surface area contributed by atoms with Gasteiger partial charge < -0.3 is 15.0 Å². The van der Waals surface area contributed by atoms with Crippen LogP contribution in [0.1, 0.15) is 23.1 Å². The van der Waals surface area contributed by atoms with Crippen LogP contribution in [0, 0.1) is 18.3 Å². The highest BCUT2D eigenvalue weighted by molar-refractivity contribution is 6.02. The number of aromatic nitrogens is 2. The zero-order chi connectivity index (χ0) is 26.2. The monoisotopic (exact) mass is 500 g/mol. The number of aryl methyl sites for hydroxylation is 1. The summed E-state index contributed by atoms with van der Waals surface area (Å²) in [7, 11) is 1.59. The molecule has 9 heteroatoms. The van der Waals surface area contributed by atoms with Crippen LogP contribution in [0.2, 0.25) is 0 Å². The molecule has 0 saturated carbocycles. The molecular weight excluding hydrogens is 468 g/mol. The molecule has 192 valence electrons. The van der Waals surface area contributed by atoms with Crippen LogP contribution in [0.5, 0.6) is 0 Å². The Labute approximate surface area is 216 Å². The quantitative estimate of drug-likeness (QED) is 0.273. The number of nitrogens with one attached hydrogen (secondary N) is 1. The summed E-state index contributed by atoms with van der Waals surface area (Å²) >= 11 is 0. The number of rotatable bonds is 9. The van der Waals surface area contributed by atoms with Crippen molar-refractivity contribution in [2.24, 2.45) is 0 Å². The number of ether oxygens (including phenoxy) is 1. The summed E-state index contributed by atoms with van der Waals surface area (Å²) in [5.41, 5.74) is 2.49. The van der Waals surface area contributed by atoms with Crippen LogP contribution in [0.15, 0.2) is 59.0 Å². The predicted molar refractivity (Wildman–Crippen MR) is 143 cm³/mol. The van der Waals surface area contributed by atoms with Crippen molar-refractivity contribution >= 4 is 23.4 Å². The second-order valence-corrected chi connectivity index (χ2v) is 9.06. The van der Waals surface area contributed by atoms with E-state index in [1.807, 2.05) is 37.3 Å². The van der Waals surface area contributed by atoms with Crippen molar-refractivity contribution in [1.82, 2.24) is 19.6 Å². The maximum absolute atomic E-state index is 13.6. The van der Waals surface area contributed by atoms with Crippen LogP contribution in [0.4, 0.5) is 5.82 Å². The number of anilines is 1. The zero-order valence-corrected chi connectivity index (χ0v) is 21.3. The molecule has 1 aliphatic heterocycles. The molecule has 1 aliphatic rings. The first-order valence-corrected chi connectivity index (χ1v) is 12.4. The number of methoxy groups -OCH3 is 1. The van der Waals surface area contributed by atoms with E-state index in [1.165, 1.54) is 16.0 Å². The molecule has 37 heavy (non-hydrogen) atoms. The molecule has 0 unspecified atom stereocenters. The van der Waals surface area contributed by atoms with Crippen molar-refractivity contribution in [2.75, 3.05) is 51.3 Å². The third-order valence-corrected chi connectivity index (χ3v) is 6.45. The minimum absolute atomic E-state index is 0.132. The average molecular weight is 501 g/mol. The zero-order valence-electron chi connectivity index (χ0n) is 21.3. The first kappa shape index (κ1) is 26.1. The molecule has 9 nitrogen and oxygen atoms in total. The van der Waals surface area contributed by atoms with Crippen LogP contribution < -0.4 is 15.8 Å². The van der Waals surface area contributed by atoms with Crippen LogP contribution >= 0.6 is 0 Å². The molecule has 3 heterocycles. The molecule has 0 aliphatic carbocycles. The minimum atomic E-state index is -0.522. The van der Waals surface area contributed by atoms with E-state index in [4.69, 9.17) is 9.72 Å². The van der Waals surface area contributed by atoms with Crippen LogP contribution in [-0.2, 0) is 16.1 Å². The lowest BCUT2D eigenvalue weighted by Crippen LogP contribution is -2.47. The molecule has 0 radical (unpaired) electrons. The van der Waals surface area contributed by atoms with Crippen LogP contribution in [0.3, 0.4) is 0 Å². The topological polar surface area (TPSA) is 103 Å². The van der Waals surface area contributed by atoms with Crippen molar-refractivity contribution in [1.29, 1.82) is 5.26 Å². The Morgan fingerprint density at radius 3 is 2.62 bits per heavy atom. The van der Waals surface area contributed by atoms with Gasteiger partial charge in [-0.2, -0.15) is 5.26 Å². The second-order valence-electron chi connectivity index (χ2n) is 9.06. The smallest absolute Gasteiger partial charge is 0.267 e. The molecule has 4 rings (SSSR count). The maximum atomic E-state index is 13.6. The molecule has 1 amide bonds. The van der Waals surface area contributed by atoms with Crippen LogP contribution in [-0.4, -0.2) is 66.6 Å². The summed E-state index contributed by atoms with van der Waals surface area (Å²) in [6.45, 7) is 6.59. The van der Waals surface area contributed by atoms with Crippen molar-refractivity contribution in [3.8, 4) is 6.07 Å². The number of nitriles is 1. The number of piperazine rings is 1. The fraction of sp³-hybridized carbons (Fsp3) is 0.357. The van der Waals surface area contributed by atoms with Crippen molar-refractivity contribution < 1.29 is 9.53 Å². The van der Waals surface area contributed by atoms with E-state index in [0.29, 0.717) is 44.1 Å². The molecule has 0 bridgehead atoms. The lowest BCUT2D eigenvalue weighted by molar-refractivity contribution is -0.117. The Balaban J connectivity index is 1.64. The molecule has 0 atom stereocenters. The number of nitrogens with zero attached hydrogens (tertiary/aromatic N) is 5. The van der Waals surface area contributed by atoms with Gasteiger partial charge in [0.1, 0.15) is 23.1 Å². The van der Waals surface area contributed by atoms with E-state index in [0.717, 1.165) is 25.2 Å². The average Bonchev–Trinajstić information content (AvgIpc) is 2.92. The Bertz CT molecular complexity index is 1370. The summed E-state index contributed by atoms with van der Waals surface area (Å²) in [6.07, 6.45) is 3.66. The van der Waals surface area contributed by atoms with E-state index >= 15 is 0 Å². The highest BCUT2D eigenvalue weighted by Crippen LogP contribution is 2.22. The SMILES string of the molecule is COCCCNC(=O)/C(C#N)=C/c1c(N2CCN(Cc3ccccc3)CC2)nc2c(C)cccn2c1=O. The van der Waals surface area contributed by atoms with Gasteiger partial charge in [0.2, 0.25) is 0 Å². The van der Waals surface area contributed by atoms with E-state index < -0.39 is 5.91 Å². The highest BCUT2D eigenvalue weighted by atomic mass is 16.5. The third-order valence-electron chi connectivity index (χ3n) is 6.45. The van der Waals surface area contributed by atoms with E-state index in [-0.39, 0.29) is 16.7 Å². The predicted octanol–water partition coefficient (Wildman–Crippen LogP) is 2.38. The molecule has 2 aromatic heterocycles. The summed E-state index contributed by atoms with van der Waals surface area (Å²) in [5.74, 6) is -0.0235. The largest absolute Gasteiger partial charge is 0.385 e. The van der Waals surface area contributed by atoms with Gasteiger partial charge in [0.25, 0.3) is 11.5 Å². The van der Waals surface area contributed by atoms with Gasteiger partial charge >= 0.3 is 0 Å². The first-order chi connectivity index (χ1) is 18.0. The van der Waals surface area contributed by atoms with Gasteiger partial charge in [-0.05, 0) is 36.6 Å². The number of hydrogen-bond acceptors (Lipinski definition) is 7. The summed E-state index contributed by atoms with van der Waals surface area (Å²) in [4.78, 5) is 35.6. The molecule has 3 aromatic rings. The van der Waals surface area contributed by atoms with Crippen molar-refractivity contribution in [3.05, 3.63) is 81.3 Å². The highest BCUT2D eigenvalue weighted by Gasteiger charge is 2.24. The fourth-order valence-corrected chi connectivity index (χ4v) is 4.43. The van der Waals surface area contributed by atoms with E-state index in [9.17, 15) is 14.9 Å². The molecule has 1 saturated heterocycles. The second kappa shape index (κ2) is 12.3. The fourth-order valence-electron chi connectivity index (χ4n) is 4.43. The van der Waals surface area contributed by atoms with E-state index in [2.05, 4.69) is 27.2 Å². The maximum Gasteiger partial charge on any atom is 0.267 e. The number of hydrogen-bond donors (Lipinski definition) is 1. The molecule has 1 N–H and O–H groups in total. The Morgan fingerprint density at radius 2 is 1.92 bits per heavy atom. The minimum Gasteiger partial charge on any atom is -0.385 e. The lowest BCUT2D eigenvalue weighted by Gasteiger charge is -2.36. The first-order valence-electron chi connectivity index (χ1n) is 12.4. The summed E-state index contributed by atoms with van der Waals surface area (Å²) in [6, 6.07) is 16.0. The Hall–Kier alpha value is -4.00. The molecule has 0 spiro atoms. The third kappa shape index (κ3) is 6.23. The standard InChI is InChI=1S/C28H32N6O3/c1-21-8-6-12-34-25(21)31-26(33-15-13-32(14-16-33)20-22-9-4-3-5-10-22)24(28(34)36)18-23(19-29)27(35)30-11-7-17-37-2/h3-6,8-10,12,18H,7,11,13-17,20H2,1-2H3,(H,30,35)/b23-18+. The molecular formula is C28H32N6O3. The van der Waals surface area contributed by atoms with Gasteiger partial charge in [0.15, 0.2) is 0 Å². The number of fused-ring (bicyclic) bond motifs is 1. The number of amides is 1. The summed E-state index contributed by atoms with van der Waals surface area (Å²) < 4.78 is 6.48. The molecule has 1 fully saturated rings. The molecule has 1 aromatic carbocycles. The van der Waals surface area contributed by atoms with Gasteiger partial charge in [0.05, 0.1) is 5.56 Å². The van der Waals surface area contributed by atoms with Gasteiger partial charge in [-0.25, -0.2) is 4.98 Å². The number of pyridine rings is 1. The lowest BCUT2D eigenvalue weighted by atomic mass is 10.1. The Kier molecular flexibility index (Phi) is 8.67. The van der Waals surface area contributed by atoms with Crippen molar-refractivity contribution in [3.63, 3.8) is 0 Å². The number of carbonyl (C=O) groups is 1. The van der Waals surface area contributed by atoms with Gasteiger partial charge in [-0.15, -0.1) is 0 Å². The van der Waals surface area contributed by atoms with E-state index in [1.54, 1.807) is 19.4 Å². The number of carbonyl (C=O) groups excluding carboxylic acids is 1. The Morgan fingerprint density at radius 1 is 1.16 bits per heavy atom. The van der Waals surface area contributed by atoms with Gasteiger partial charge in [0, 0.05) is 59.2 Å². The normalized spacial score (nSPS) is 14.5.